The zero-order valence-corrected chi connectivity index (χ0v) is 15.8. The molecule has 0 spiro atoms. The highest BCUT2D eigenvalue weighted by Gasteiger charge is 2.36. The smallest absolute Gasteiger partial charge is 0.270 e. The first kappa shape index (κ1) is 19.7. The largest absolute Gasteiger partial charge is 0.284 e. The molecule has 0 bridgehead atoms. The van der Waals surface area contributed by atoms with Crippen molar-refractivity contribution in [2.24, 2.45) is 10.2 Å². The van der Waals surface area contributed by atoms with Gasteiger partial charge in [0, 0.05) is 17.7 Å². The maximum absolute atomic E-state index is 13.1. The van der Waals surface area contributed by atoms with Crippen LogP contribution in [-0.2, 0) is 11.3 Å². The van der Waals surface area contributed by atoms with Gasteiger partial charge in [-0.05, 0) is 24.1 Å². The van der Waals surface area contributed by atoms with Gasteiger partial charge in [-0.15, -0.1) is 5.10 Å². The van der Waals surface area contributed by atoms with Crippen LogP contribution in [0, 0.1) is 15.9 Å². The minimum absolute atomic E-state index is 0.0361. The summed E-state index contributed by atoms with van der Waals surface area (Å²) in [5.41, 5.74) is 1.28. The SMILES string of the molecule is CC[C@H]1S/C(=N\N=C/c2cccc([N+](=O)[O-])c2)N(Cc2ccc(F)cc2)C1=O. The molecule has 0 radical (unpaired) electrons. The van der Waals surface area contributed by atoms with Crippen molar-refractivity contribution in [2.75, 3.05) is 0 Å². The molecule has 1 fully saturated rings. The molecule has 1 aliphatic heterocycles. The molecule has 9 heteroatoms. The van der Waals surface area contributed by atoms with E-state index in [1.807, 2.05) is 6.92 Å². The number of amidine groups is 1. The van der Waals surface area contributed by atoms with Gasteiger partial charge in [-0.1, -0.05) is 43.0 Å². The minimum Gasteiger partial charge on any atom is -0.284 e. The molecular formula is C19H17FN4O3S. The van der Waals surface area contributed by atoms with Gasteiger partial charge in [-0.3, -0.25) is 19.8 Å². The van der Waals surface area contributed by atoms with E-state index in [1.54, 1.807) is 24.3 Å². The second-order valence-electron chi connectivity index (χ2n) is 6.04. The Morgan fingerprint density at radius 2 is 2.04 bits per heavy atom. The Morgan fingerprint density at radius 1 is 1.29 bits per heavy atom. The topological polar surface area (TPSA) is 88.2 Å². The van der Waals surface area contributed by atoms with Gasteiger partial charge >= 0.3 is 0 Å². The number of hydrogen-bond donors (Lipinski definition) is 0. The van der Waals surface area contributed by atoms with E-state index in [2.05, 4.69) is 10.2 Å². The Labute approximate surface area is 165 Å². The molecule has 1 atom stereocenters. The molecular weight excluding hydrogens is 383 g/mol. The van der Waals surface area contributed by atoms with Gasteiger partial charge in [0.2, 0.25) is 5.91 Å². The number of nitrogens with zero attached hydrogens (tertiary/aromatic N) is 4. The van der Waals surface area contributed by atoms with Gasteiger partial charge in [0.05, 0.1) is 22.9 Å². The van der Waals surface area contributed by atoms with Crippen molar-refractivity contribution in [3.8, 4) is 0 Å². The number of amides is 1. The van der Waals surface area contributed by atoms with E-state index in [-0.39, 0.29) is 29.2 Å². The minimum atomic E-state index is -0.481. The molecule has 1 heterocycles. The van der Waals surface area contributed by atoms with Crippen LogP contribution in [0.1, 0.15) is 24.5 Å². The van der Waals surface area contributed by atoms with Crippen LogP contribution >= 0.6 is 11.8 Å². The Balaban J connectivity index is 1.80. The van der Waals surface area contributed by atoms with Gasteiger partial charge in [0.15, 0.2) is 5.17 Å². The first-order valence-corrected chi connectivity index (χ1v) is 9.44. The van der Waals surface area contributed by atoms with Gasteiger partial charge < -0.3 is 0 Å². The third-order valence-corrected chi connectivity index (χ3v) is 5.41. The highest BCUT2D eigenvalue weighted by atomic mass is 32.2. The number of nitro groups is 1. The molecule has 2 aromatic carbocycles. The van der Waals surface area contributed by atoms with Crippen molar-refractivity contribution in [3.63, 3.8) is 0 Å². The molecule has 1 saturated heterocycles. The molecule has 0 unspecified atom stereocenters. The van der Waals surface area contributed by atoms with Gasteiger partial charge in [0.25, 0.3) is 5.69 Å². The number of benzene rings is 2. The first-order chi connectivity index (χ1) is 13.5. The van der Waals surface area contributed by atoms with Crippen molar-refractivity contribution < 1.29 is 14.1 Å². The van der Waals surface area contributed by atoms with E-state index >= 15 is 0 Å². The average Bonchev–Trinajstić information content (AvgIpc) is 2.99. The van der Waals surface area contributed by atoms with E-state index < -0.39 is 4.92 Å². The summed E-state index contributed by atoms with van der Waals surface area (Å²) >= 11 is 1.32. The Morgan fingerprint density at radius 3 is 2.71 bits per heavy atom. The van der Waals surface area contributed by atoms with Crippen LogP contribution < -0.4 is 0 Å². The normalized spacial score (nSPS) is 18.4. The highest BCUT2D eigenvalue weighted by Crippen LogP contribution is 2.30. The quantitative estimate of drug-likeness (QED) is 0.417. The number of thioether (sulfide) groups is 1. The van der Waals surface area contributed by atoms with Crippen molar-refractivity contribution in [1.82, 2.24) is 4.90 Å². The van der Waals surface area contributed by atoms with E-state index in [1.165, 1.54) is 47.1 Å². The number of carbonyl (C=O) groups excluding carboxylic acids is 1. The standard InChI is InChI=1S/C19H17FN4O3S/c1-2-17-18(25)23(12-13-6-8-15(20)9-7-13)19(28-17)22-21-11-14-4-3-5-16(10-14)24(26)27/h3-11,17H,2,12H2,1H3/b21-11-,22-19-/t17-/m1/s1. The summed E-state index contributed by atoms with van der Waals surface area (Å²) in [5, 5.41) is 19.2. The van der Waals surface area contributed by atoms with E-state index in [0.717, 1.165) is 5.56 Å². The summed E-state index contributed by atoms with van der Waals surface area (Å²) in [5.74, 6) is -0.408. The van der Waals surface area contributed by atoms with Gasteiger partial charge in [-0.25, -0.2) is 4.39 Å². The lowest BCUT2D eigenvalue weighted by Gasteiger charge is -2.15. The molecule has 0 aliphatic carbocycles. The van der Waals surface area contributed by atoms with Crippen LogP contribution in [-0.4, -0.2) is 32.4 Å². The predicted molar refractivity (Wildman–Crippen MR) is 107 cm³/mol. The number of nitro benzene ring substituents is 1. The highest BCUT2D eigenvalue weighted by molar-refractivity contribution is 8.15. The number of non-ortho nitro benzene ring substituents is 1. The Kier molecular flexibility index (Phi) is 6.15. The van der Waals surface area contributed by atoms with Crippen LogP contribution in [0.2, 0.25) is 0 Å². The zero-order chi connectivity index (χ0) is 20.1. The fourth-order valence-corrected chi connectivity index (χ4v) is 3.65. The van der Waals surface area contributed by atoms with Gasteiger partial charge in [-0.2, -0.15) is 5.10 Å². The van der Waals surface area contributed by atoms with Crippen LogP contribution in [0.4, 0.5) is 10.1 Å². The van der Waals surface area contributed by atoms with Crippen LogP contribution in [0.5, 0.6) is 0 Å². The van der Waals surface area contributed by atoms with E-state index in [0.29, 0.717) is 17.2 Å². The van der Waals surface area contributed by atoms with E-state index in [9.17, 15) is 19.3 Å². The fourth-order valence-electron chi connectivity index (χ4n) is 2.63. The maximum atomic E-state index is 13.1. The average molecular weight is 400 g/mol. The van der Waals surface area contributed by atoms with Crippen LogP contribution in [0.15, 0.2) is 58.7 Å². The fraction of sp³-hybridized carbons (Fsp3) is 0.211. The molecule has 28 heavy (non-hydrogen) atoms. The molecule has 0 N–H and O–H groups in total. The first-order valence-electron chi connectivity index (χ1n) is 8.56. The lowest BCUT2D eigenvalue weighted by atomic mass is 10.2. The lowest BCUT2D eigenvalue weighted by Crippen LogP contribution is -2.31. The van der Waals surface area contributed by atoms with Gasteiger partial charge in [0.1, 0.15) is 5.82 Å². The maximum Gasteiger partial charge on any atom is 0.270 e. The summed E-state index contributed by atoms with van der Waals surface area (Å²) in [6.07, 6.45) is 2.05. The van der Waals surface area contributed by atoms with Crippen LogP contribution in [0.25, 0.3) is 0 Å². The molecule has 0 aromatic heterocycles. The van der Waals surface area contributed by atoms with Crippen molar-refractivity contribution in [2.45, 2.75) is 25.1 Å². The zero-order valence-electron chi connectivity index (χ0n) is 15.0. The second-order valence-corrected chi connectivity index (χ2v) is 7.21. The predicted octanol–water partition coefficient (Wildman–Crippen LogP) is 3.98. The van der Waals surface area contributed by atoms with Crippen molar-refractivity contribution in [3.05, 3.63) is 75.6 Å². The van der Waals surface area contributed by atoms with E-state index in [4.69, 9.17) is 0 Å². The molecule has 144 valence electrons. The number of carbonyl (C=O) groups is 1. The van der Waals surface area contributed by atoms with Crippen molar-refractivity contribution >= 4 is 34.7 Å². The number of rotatable bonds is 6. The van der Waals surface area contributed by atoms with Crippen LogP contribution in [0.3, 0.4) is 0 Å². The summed E-state index contributed by atoms with van der Waals surface area (Å²) < 4.78 is 13.1. The summed E-state index contributed by atoms with van der Waals surface area (Å²) in [7, 11) is 0. The number of halogens is 1. The molecule has 0 saturated carbocycles. The lowest BCUT2D eigenvalue weighted by molar-refractivity contribution is -0.384. The second kappa shape index (κ2) is 8.75. The summed E-state index contributed by atoms with van der Waals surface area (Å²) in [6, 6.07) is 12.0. The third-order valence-electron chi connectivity index (χ3n) is 4.08. The molecule has 3 rings (SSSR count). The molecule has 1 amide bonds. The third kappa shape index (κ3) is 4.61. The number of hydrogen-bond acceptors (Lipinski definition) is 6. The Bertz CT molecular complexity index is 946. The summed E-state index contributed by atoms with van der Waals surface area (Å²) in [6.45, 7) is 2.19. The molecule has 1 aliphatic rings. The van der Waals surface area contributed by atoms with Crippen molar-refractivity contribution in [1.29, 1.82) is 0 Å². The Hall–Kier alpha value is -3.07. The molecule has 7 nitrogen and oxygen atoms in total. The molecule has 2 aromatic rings. The monoisotopic (exact) mass is 400 g/mol. The summed E-state index contributed by atoms with van der Waals surface area (Å²) in [4.78, 5) is 24.5.